The molecule has 0 amide bonds. The summed E-state index contributed by atoms with van der Waals surface area (Å²) in [4.78, 5) is 0. The first kappa shape index (κ1) is 15.5. The van der Waals surface area contributed by atoms with Crippen LogP contribution in [0.2, 0.25) is 0 Å². The summed E-state index contributed by atoms with van der Waals surface area (Å²) in [6, 6.07) is 8.08. The van der Waals surface area contributed by atoms with Gasteiger partial charge in [0.1, 0.15) is 5.84 Å². The summed E-state index contributed by atoms with van der Waals surface area (Å²) in [6.07, 6.45) is 1.72. The maximum Gasteiger partial charge on any atom is 0.101 e. The molecular weight excluding hydrogens is 288 g/mol. The summed E-state index contributed by atoms with van der Waals surface area (Å²) in [6.45, 7) is 4.15. The van der Waals surface area contributed by atoms with E-state index >= 15 is 0 Å². The van der Waals surface area contributed by atoms with Crippen molar-refractivity contribution in [1.82, 2.24) is 0 Å². The van der Waals surface area contributed by atoms with Gasteiger partial charge in [-0.2, -0.15) is 0 Å². The highest BCUT2D eigenvalue weighted by Gasteiger charge is 2.31. The van der Waals surface area contributed by atoms with Crippen LogP contribution in [0.5, 0.6) is 0 Å². The van der Waals surface area contributed by atoms with Crippen molar-refractivity contribution in [3.05, 3.63) is 34.3 Å². The van der Waals surface area contributed by atoms with E-state index < -0.39 is 0 Å². The number of hydrogen-bond donors (Lipinski definition) is 2. The van der Waals surface area contributed by atoms with Crippen LogP contribution < -0.4 is 5.73 Å². The van der Waals surface area contributed by atoms with E-state index in [2.05, 4.69) is 29.8 Å². The van der Waals surface area contributed by atoms with E-state index in [1.54, 1.807) is 0 Å². The van der Waals surface area contributed by atoms with Crippen molar-refractivity contribution in [2.45, 2.75) is 32.1 Å². The molecular formula is C12H18BrClN2. The highest BCUT2D eigenvalue weighted by Crippen LogP contribution is 2.32. The van der Waals surface area contributed by atoms with Gasteiger partial charge < -0.3 is 5.73 Å². The lowest BCUT2D eigenvalue weighted by atomic mass is 9.75. The van der Waals surface area contributed by atoms with E-state index in [-0.39, 0.29) is 23.7 Å². The average Bonchev–Trinajstić information content (AvgIpc) is 2.22. The molecule has 0 saturated heterocycles. The maximum atomic E-state index is 7.76. The highest BCUT2D eigenvalue weighted by molar-refractivity contribution is 9.10. The number of nitrogens with two attached hydrogens (primary N) is 1. The lowest BCUT2D eigenvalue weighted by molar-refractivity contribution is 0.526. The number of nitrogens with one attached hydrogen (secondary N) is 1. The molecule has 90 valence electrons. The maximum absolute atomic E-state index is 7.76. The molecule has 0 aliphatic rings. The molecule has 1 aromatic rings. The van der Waals surface area contributed by atoms with Gasteiger partial charge in [-0.1, -0.05) is 41.9 Å². The van der Waals surface area contributed by atoms with Crippen molar-refractivity contribution < 1.29 is 0 Å². The molecule has 0 radical (unpaired) electrons. The van der Waals surface area contributed by atoms with Crippen LogP contribution in [0.15, 0.2) is 28.7 Å². The molecule has 0 aliphatic heterocycles. The second-order valence-corrected chi connectivity index (χ2v) is 4.63. The van der Waals surface area contributed by atoms with E-state index in [0.717, 1.165) is 22.9 Å². The largest absolute Gasteiger partial charge is 0.387 e. The quantitative estimate of drug-likeness (QED) is 0.644. The van der Waals surface area contributed by atoms with Crippen molar-refractivity contribution in [3.8, 4) is 0 Å². The molecule has 0 heterocycles. The Morgan fingerprint density at radius 1 is 1.25 bits per heavy atom. The molecule has 0 aromatic heterocycles. The SMILES string of the molecule is CCC(CC)(C(=N)N)c1ccc(Br)cc1.Cl. The Morgan fingerprint density at radius 2 is 1.69 bits per heavy atom. The van der Waals surface area contributed by atoms with Gasteiger partial charge in [0.25, 0.3) is 0 Å². The molecule has 0 fully saturated rings. The molecule has 1 aromatic carbocycles. The molecule has 2 nitrogen and oxygen atoms in total. The van der Waals surface area contributed by atoms with E-state index in [1.807, 2.05) is 24.3 Å². The first-order valence-corrected chi connectivity index (χ1v) is 5.96. The zero-order valence-electron chi connectivity index (χ0n) is 9.59. The molecule has 0 unspecified atom stereocenters. The number of benzene rings is 1. The fraction of sp³-hybridized carbons (Fsp3) is 0.417. The normalized spacial score (nSPS) is 10.7. The first-order chi connectivity index (χ1) is 7.06. The Labute approximate surface area is 112 Å². The molecule has 0 atom stereocenters. The monoisotopic (exact) mass is 304 g/mol. The minimum Gasteiger partial charge on any atom is -0.387 e. The number of hydrogen-bond acceptors (Lipinski definition) is 1. The van der Waals surface area contributed by atoms with Crippen LogP contribution in [0.3, 0.4) is 0 Å². The van der Waals surface area contributed by atoms with Crippen LogP contribution in [0.1, 0.15) is 32.3 Å². The lowest BCUT2D eigenvalue weighted by Gasteiger charge is -2.31. The van der Waals surface area contributed by atoms with E-state index in [1.165, 1.54) is 0 Å². The van der Waals surface area contributed by atoms with Crippen molar-refractivity contribution in [1.29, 1.82) is 5.41 Å². The Hall–Kier alpha value is -0.540. The van der Waals surface area contributed by atoms with Crippen molar-refractivity contribution in [2.75, 3.05) is 0 Å². The number of halogens is 2. The van der Waals surface area contributed by atoms with Gasteiger partial charge in [0.15, 0.2) is 0 Å². The molecule has 1 rings (SSSR count). The van der Waals surface area contributed by atoms with Gasteiger partial charge in [-0.05, 0) is 30.5 Å². The van der Waals surface area contributed by atoms with Crippen LogP contribution in [0, 0.1) is 5.41 Å². The van der Waals surface area contributed by atoms with Gasteiger partial charge in [-0.15, -0.1) is 12.4 Å². The second kappa shape index (κ2) is 6.26. The highest BCUT2D eigenvalue weighted by atomic mass is 79.9. The molecule has 0 aliphatic carbocycles. The fourth-order valence-corrected chi connectivity index (χ4v) is 2.23. The van der Waals surface area contributed by atoms with Crippen LogP contribution in [-0.4, -0.2) is 5.84 Å². The van der Waals surface area contributed by atoms with E-state index in [0.29, 0.717) is 0 Å². The lowest BCUT2D eigenvalue weighted by Crippen LogP contribution is -2.39. The van der Waals surface area contributed by atoms with Gasteiger partial charge in [0, 0.05) is 4.47 Å². The fourth-order valence-electron chi connectivity index (χ4n) is 1.96. The van der Waals surface area contributed by atoms with Crippen LogP contribution in [0.25, 0.3) is 0 Å². The summed E-state index contributed by atoms with van der Waals surface area (Å²) >= 11 is 3.41. The van der Waals surface area contributed by atoms with Crippen molar-refractivity contribution in [3.63, 3.8) is 0 Å². The van der Waals surface area contributed by atoms with Gasteiger partial charge in [0.2, 0.25) is 0 Å². The van der Waals surface area contributed by atoms with Crippen molar-refractivity contribution >= 4 is 34.2 Å². The predicted molar refractivity (Wildman–Crippen MR) is 75.6 cm³/mol. The summed E-state index contributed by atoms with van der Waals surface area (Å²) in [5, 5.41) is 7.76. The Morgan fingerprint density at radius 3 is 2.00 bits per heavy atom. The average molecular weight is 306 g/mol. The molecule has 0 spiro atoms. The van der Waals surface area contributed by atoms with Crippen LogP contribution in [0.4, 0.5) is 0 Å². The molecule has 0 bridgehead atoms. The Balaban J connectivity index is 0.00000225. The molecule has 16 heavy (non-hydrogen) atoms. The third kappa shape index (κ3) is 2.77. The third-order valence-electron chi connectivity index (χ3n) is 3.12. The Kier molecular flexibility index (Phi) is 6.05. The van der Waals surface area contributed by atoms with Gasteiger partial charge >= 0.3 is 0 Å². The molecule has 4 heteroatoms. The zero-order chi connectivity index (χ0) is 11.5. The topological polar surface area (TPSA) is 49.9 Å². The Bertz CT molecular complexity index is 345. The zero-order valence-corrected chi connectivity index (χ0v) is 12.0. The third-order valence-corrected chi connectivity index (χ3v) is 3.65. The number of rotatable bonds is 4. The van der Waals surface area contributed by atoms with Gasteiger partial charge in [-0.3, -0.25) is 5.41 Å². The van der Waals surface area contributed by atoms with E-state index in [9.17, 15) is 0 Å². The first-order valence-electron chi connectivity index (χ1n) is 5.17. The smallest absolute Gasteiger partial charge is 0.101 e. The summed E-state index contributed by atoms with van der Waals surface area (Å²) in [5.41, 5.74) is 6.57. The van der Waals surface area contributed by atoms with Crippen molar-refractivity contribution in [2.24, 2.45) is 5.73 Å². The van der Waals surface area contributed by atoms with Crippen LogP contribution in [-0.2, 0) is 5.41 Å². The van der Waals surface area contributed by atoms with Crippen LogP contribution >= 0.6 is 28.3 Å². The molecule has 3 N–H and O–H groups in total. The minimum atomic E-state index is -0.291. The summed E-state index contributed by atoms with van der Waals surface area (Å²) in [7, 11) is 0. The predicted octanol–water partition coefficient (Wildman–Crippen LogP) is 3.86. The van der Waals surface area contributed by atoms with Gasteiger partial charge in [0.05, 0.1) is 5.41 Å². The molecule has 0 saturated carbocycles. The standard InChI is InChI=1S/C12H17BrN2.ClH/c1-3-12(4-2,11(14)15)9-5-7-10(13)8-6-9;/h5-8H,3-4H2,1-2H3,(H3,14,15);1H. The second-order valence-electron chi connectivity index (χ2n) is 3.71. The van der Waals surface area contributed by atoms with Gasteiger partial charge in [-0.25, -0.2) is 0 Å². The number of amidine groups is 1. The van der Waals surface area contributed by atoms with E-state index in [4.69, 9.17) is 11.1 Å². The minimum absolute atomic E-state index is 0. The summed E-state index contributed by atoms with van der Waals surface area (Å²) < 4.78 is 1.05. The summed E-state index contributed by atoms with van der Waals surface area (Å²) in [5.74, 6) is 0.259.